The number of aliphatic hydroxyl groups is 11. The highest BCUT2D eigenvalue weighted by molar-refractivity contribution is 4.99. The van der Waals surface area contributed by atoms with Crippen LogP contribution in [-0.4, -0.2) is 168 Å². The number of rotatable bonds is 8. The van der Waals surface area contributed by atoms with Crippen molar-refractivity contribution in [2.45, 2.75) is 85.5 Å². The van der Waals surface area contributed by atoms with E-state index < -0.39 is 112 Å². The predicted molar refractivity (Wildman–Crippen MR) is 101 cm³/mol. The van der Waals surface area contributed by atoms with Gasteiger partial charge in [-0.15, -0.1) is 0 Å². The van der Waals surface area contributed by atoms with Crippen LogP contribution in [0.25, 0.3) is 0 Å². The first-order chi connectivity index (χ1) is 16.0. The molecule has 3 rings (SSSR count). The zero-order chi connectivity index (χ0) is 25.4. The Balaban J connectivity index is 1.87. The summed E-state index contributed by atoms with van der Waals surface area (Å²) in [6.07, 6.45) is -22.4. The second-order valence-electron chi connectivity index (χ2n) is 8.37. The molecular weight excluding hydrogens is 472 g/mol. The fourth-order valence-corrected chi connectivity index (χ4v) is 4.10. The summed E-state index contributed by atoms with van der Waals surface area (Å²) in [6, 6.07) is 0. The maximum Gasteiger partial charge on any atom is 0.224 e. The van der Waals surface area contributed by atoms with Crippen molar-refractivity contribution in [3.8, 4) is 0 Å². The highest BCUT2D eigenvalue weighted by Gasteiger charge is 2.59. The molecule has 0 bridgehead atoms. The molecule has 3 aliphatic heterocycles. The van der Waals surface area contributed by atoms with Crippen molar-refractivity contribution in [1.29, 1.82) is 0 Å². The molecule has 0 saturated carbocycles. The molecule has 0 amide bonds. The molecule has 11 N–H and O–H groups in total. The molecule has 16 nitrogen and oxygen atoms in total. The van der Waals surface area contributed by atoms with Crippen LogP contribution in [0.5, 0.6) is 0 Å². The van der Waals surface area contributed by atoms with E-state index in [0.717, 1.165) is 0 Å². The standard InChI is InChI=1S/C18H32O16/c19-1-5-8(23)11(26)13(28)16(30-5)32-14-12(27)9(24)6(2-20)31-17(14)34-18(4-22)15(29)10(25)7(3-21)33-18/h5-17,19-29H,1-4H2/t5-,6-,7-,8-,9-,10-,11+,12+,13-,14-,15+,16-,17-,18+/m1/s1. The third kappa shape index (κ3) is 4.96. The molecule has 0 aromatic carbocycles. The van der Waals surface area contributed by atoms with E-state index in [1.54, 1.807) is 0 Å². The van der Waals surface area contributed by atoms with Crippen LogP contribution in [-0.2, 0) is 23.7 Å². The Morgan fingerprint density at radius 1 is 0.588 bits per heavy atom. The summed E-state index contributed by atoms with van der Waals surface area (Å²) in [5.41, 5.74) is 0. The van der Waals surface area contributed by atoms with E-state index in [4.69, 9.17) is 23.7 Å². The lowest BCUT2D eigenvalue weighted by molar-refractivity contribution is -0.408. The van der Waals surface area contributed by atoms with E-state index in [1.165, 1.54) is 0 Å². The van der Waals surface area contributed by atoms with Gasteiger partial charge in [0, 0.05) is 0 Å². The molecule has 16 heteroatoms. The molecule has 3 saturated heterocycles. The molecule has 0 radical (unpaired) electrons. The SMILES string of the molecule is OC[C@H]1O[C@@](CO)(O[C@H]2O[C@H](CO)[C@@H](O)[C@H](O)[C@H]2O[C@H]2O[C@H](CO)[C@@H](O)[C@H](O)[C@H]2O)[C@@H](O)[C@@H]1O. The smallest absolute Gasteiger partial charge is 0.224 e. The quantitative estimate of drug-likeness (QED) is 0.146. The van der Waals surface area contributed by atoms with Gasteiger partial charge in [-0.25, -0.2) is 0 Å². The zero-order valence-electron chi connectivity index (χ0n) is 17.8. The Bertz CT molecular complexity index is 653. The van der Waals surface area contributed by atoms with Crippen LogP contribution in [0.1, 0.15) is 0 Å². The van der Waals surface area contributed by atoms with Crippen molar-refractivity contribution in [2.24, 2.45) is 0 Å². The fourth-order valence-electron chi connectivity index (χ4n) is 4.10. The third-order valence-corrected chi connectivity index (χ3v) is 6.19. The van der Waals surface area contributed by atoms with Gasteiger partial charge >= 0.3 is 0 Å². The van der Waals surface area contributed by atoms with E-state index in [0.29, 0.717) is 0 Å². The van der Waals surface area contributed by atoms with E-state index >= 15 is 0 Å². The Kier molecular flexibility index (Phi) is 9.18. The summed E-state index contributed by atoms with van der Waals surface area (Å²) < 4.78 is 26.9. The van der Waals surface area contributed by atoms with Crippen LogP contribution in [0.4, 0.5) is 0 Å². The van der Waals surface area contributed by atoms with Crippen molar-refractivity contribution >= 4 is 0 Å². The zero-order valence-corrected chi connectivity index (χ0v) is 17.8. The average molecular weight is 504 g/mol. The lowest BCUT2D eigenvalue weighted by Gasteiger charge is -2.47. The van der Waals surface area contributed by atoms with Gasteiger partial charge in [-0.05, 0) is 0 Å². The molecule has 0 aliphatic carbocycles. The molecule has 3 heterocycles. The average Bonchev–Trinajstić information content (AvgIpc) is 3.08. The van der Waals surface area contributed by atoms with Crippen molar-refractivity contribution in [2.75, 3.05) is 26.4 Å². The van der Waals surface area contributed by atoms with E-state index in [1.807, 2.05) is 0 Å². The van der Waals surface area contributed by atoms with Crippen LogP contribution in [0.3, 0.4) is 0 Å². The van der Waals surface area contributed by atoms with E-state index in [-0.39, 0.29) is 0 Å². The normalized spacial score (nSPS) is 52.1. The molecular formula is C18H32O16. The van der Waals surface area contributed by atoms with Crippen LogP contribution in [0, 0.1) is 0 Å². The molecule has 3 fully saturated rings. The van der Waals surface area contributed by atoms with Crippen molar-refractivity contribution in [3.05, 3.63) is 0 Å². The predicted octanol–water partition coefficient (Wildman–Crippen LogP) is -7.57. The lowest BCUT2D eigenvalue weighted by atomic mass is 9.97. The van der Waals surface area contributed by atoms with Gasteiger partial charge in [0.25, 0.3) is 0 Å². The summed E-state index contributed by atoms with van der Waals surface area (Å²) >= 11 is 0. The number of aliphatic hydroxyl groups excluding tert-OH is 11. The molecule has 0 aromatic heterocycles. The van der Waals surface area contributed by atoms with Crippen molar-refractivity contribution in [1.82, 2.24) is 0 Å². The number of hydrogen-bond donors (Lipinski definition) is 11. The van der Waals surface area contributed by atoms with Gasteiger partial charge in [-0.3, -0.25) is 0 Å². The monoisotopic (exact) mass is 504 g/mol. The summed E-state index contributed by atoms with van der Waals surface area (Å²) in [6.45, 7) is -3.45. The van der Waals surface area contributed by atoms with Crippen LogP contribution in [0.15, 0.2) is 0 Å². The maximum absolute atomic E-state index is 10.6. The van der Waals surface area contributed by atoms with Crippen LogP contribution >= 0.6 is 0 Å². The minimum absolute atomic E-state index is 0.764. The Morgan fingerprint density at radius 2 is 1.12 bits per heavy atom. The first-order valence-electron chi connectivity index (χ1n) is 10.6. The van der Waals surface area contributed by atoms with E-state index in [2.05, 4.69) is 0 Å². The molecule has 200 valence electrons. The van der Waals surface area contributed by atoms with Crippen LogP contribution in [0.2, 0.25) is 0 Å². The Morgan fingerprint density at radius 3 is 1.62 bits per heavy atom. The van der Waals surface area contributed by atoms with Gasteiger partial charge in [-0.1, -0.05) is 0 Å². The fraction of sp³-hybridized carbons (Fsp3) is 1.00. The second kappa shape index (κ2) is 11.2. The summed E-state index contributed by atoms with van der Waals surface area (Å²) in [4.78, 5) is 0. The highest BCUT2D eigenvalue weighted by Crippen LogP contribution is 2.37. The molecule has 0 aromatic rings. The molecule has 3 aliphatic rings. The topological polar surface area (TPSA) is 269 Å². The summed E-state index contributed by atoms with van der Waals surface area (Å²) in [7, 11) is 0. The highest BCUT2D eigenvalue weighted by atomic mass is 16.8. The third-order valence-electron chi connectivity index (χ3n) is 6.19. The second-order valence-corrected chi connectivity index (χ2v) is 8.37. The summed E-state index contributed by atoms with van der Waals surface area (Å²) in [5.74, 6) is -2.41. The van der Waals surface area contributed by atoms with Crippen LogP contribution < -0.4 is 0 Å². The largest absolute Gasteiger partial charge is 0.394 e. The van der Waals surface area contributed by atoms with Gasteiger partial charge in [0.05, 0.1) is 19.8 Å². The van der Waals surface area contributed by atoms with Gasteiger partial charge < -0.3 is 79.9 Å². The molecule has 0 spiro atoms. The number of hydrogen-bond acceptors (Lipinski definition) is 16. The molecule has 34 heavy (non-hydrogen) atoms. The molecule has 0 unspecified atom stereocenters. The van der Waals surface area contributed by atoms with Crippen molar-refractivity contribution < 1.29 is 79.9 Å². The minimum atomic E-state index is -2.41. The van der Waals surface area contributed by atoms with E-state index in [9.17, 15) is 56.2 Å². The first-order valence-corrected chi connectivity index (χ1v) is 10.6. The minimum Gasteiger partial charge on any atom is -0.394 e. The van der Waals surface area contributed by atoms with Gasteiger partial charge in [0.1, 0.15) is 73.8 Å². The lowest BCUT2D eigenvalue weighted by Crippen LogP contribution is -2.66. The number of ether oxygens (including phenoxy) is 5. The van der Waals surface area contributed by atoms with Gasteiger partial charge in [-0.2, -0.15) is 0 Å². The summed E-state index contributed by atoms with van der Waals surface area (Å²) in [5, 5.41) is 109. The van der Waals surface area contributed by atoms with Crippen molar-refractivity contribution in [3.63, 3.8) is 0 Å². The van der Waals surface area contributed by atoms with Gasteiger partial charge in [0.15, 0.2) is 12.6 Å². The Hall–Kier alpha value is -0.640. The van der Waals surface area contributed by atoms with Gasteiger partial charge in [0.2, 0.25) is 5.79 Å². The Labute approximate surface area is 192 Å². The first kappa shape index (κ1) is 27.9. The maximum atomic E-state index is 10.6. The molecule has 14 atom stereocenters.